The predicted molar refractivity (Wildman–Crippen MR) is 89.4 cm³/mol. The van der Waals surface area contributed by atoms with E-state index in [4.69, 9.17) is 5.11 Å². The van der Waals surface area contributed by atoms with Crippen molar-refractivity contribution >= 4 is 43.7 Å². The number of carbonyl (C=O) groups excluding carboxylic acids is 1. The van der Waals surface area contributed by atoms with Gasteiger partial charge in [-0.25, -0.2) is 0 Å². The lowest BCUT2D eigenvalue weighted by molar-refractivity contribution is -0.137. The summed E-state index contributed by atoms with van der Waals surface area (Å²) < 4.78 is 1.53. The molecule has 0 aliphatic carbocycles. The first-order valence-corrected chi connectivity index (χ1v) is 8.15. The van der Waals surface area contributed by atoms with Crippen molar-refractivity contribution in [2.24, 2.45) is 5.41 Å². The summed E-state index contributed by atoms with van der Waals surface area (Å²) in [6.45, 7) is 6.05. The first-order valence-electron chi connectivity index (χ1n) is 6.56. The van der Waals surface area contributed by atoms with Crippen LogP contribution in [0.4, 0.5) is 0 Å². The lowest BCUT2D eigenvalue weighted by atomic mass is 9.87. The summed E-state index contributed by atoms with van der Waals surface area (Å²) in [5.41, 5.74) is 0.423. The topological polar surface area (TPSA) is 66.4 Å². The number of amides is 1. The number of rotatable bonds is 5. The normalized spacial score (nSPS) is 12.8. The molecule has 0 heterocycles. The Bertz CT molecular complexity index is 538. The Morgan fingerprint density at radius 3 is 2.38 bits per heavy atom. The van der Waals surface area contributed by atoms with Crippen molar-refractivity contribution in [3.63, 3.8) is 0 Å². The second kappa shape index (κ2) is 7.40. The van der Waals surface area contributed by atoms with Crippen molar-refractivity contribution in [1.29, 1.82) is 0 Å². The van der Waals surface area contributed by atoms with E-state index in [1.807, 2.05) is 20.8 Å². The number of aliphatic carboxylic acids is 1. The Hall–Kier alpha value is -0.880. The third-order valence-electron chi connectivity index (χ3n) is 2.79. The number of carbonyl (C=O) groups is 2. The van der Waals surface area contributed by atoms with E-state index in [1.165, 1.54) is 0 Å². The van der Waals surface area contributed by atoms with Crippen LogP contribution in [0.25, 0.3) is 0 Å². The number of hydrogen-bond donors (Lipinski definition) is 2. The van der Waals surface area contributed by atoms with Crippen molar-refractivity contribution in [1.82, 2.24) is 5.32 Å². The molecule has 0 aliphatic heterocycles. The van der Waals surface area contributed by atoms with Gasteiger partial charge in [0.1, 0.15) is 0 Å². The van der Waals surface area contributed by atoms with E-state index >= 15 is 0 Å². The maximum absolute atomic E-state index is 12.3. The Labute approximate surface area is 141 Å². The summed E-state index contributed by atoms with van der Waals surface area (Å²) in [4.78, 5) is 23.3. The number of nitrogens with one attached hydrogen (secondary N) is 1. The molecule has 0 fully saturated rings. The third-order valence-corrected chi connectivity index (χ3v) is 3.94. The fraction of sp³-hybridized carbons (Fsp3) is 0.467. The second-order valence-electron chi connectivity index (χ2n) is 6.16. The number of benzene rings is 1. The summed E-state index contributed by atoms with van der Waals surface area (Å²) in [5.74, 6) is -1.19. The molecule has 1 atom stereocenters. The number of hydrogen-bond acceptors (Lipinski definition) is 2. The van der Waals surface area contributed by atoms with Gasteiger partial charge in [-0.2, -0.15) is 0 Å². The number of carboxylic acid groups (broad SMARTS) is 1. The van der Waals surface area contributed by atoms with Crippen molar-refractivity contribution in [3.05, 3.63) is 32.7 Å². The van der Waals surface area contributed by atoms with Crippen LogP contribution in [-0.2, 0) is 4.79 Å². The quantitative estimate of drug-likeness (QED) is 0.749. The zero-order chi connectivity index (χ0) is 16.2. The monoisotopic (exact) mass is 419 g/mol. The minimum absolute atomic E-state index is 0.0651. The smallest absolute Gasteiger partial charge is 0.305 e. The van der Waals surface area contributed by atoms with Crippen molar-refractivity contribution in [2.45, 2.75) is 39.7 Å². The summed E-state index contributed by atoms with van der Waals surface area (Å²) in [7, 11) is 0. The van der Waals surface area contributed by atoms with Crippen LogP contribution >= 0.6 is 31.9 Å². The average molecular weight is 421 g/mol. The van der Waals surface area contributed by atoms with Crippen LogP contribution in [0.5, 0.6) is 0 Å². The fourth-order valence-electron chi connectivity index (χ4n) is 2.06. The standard InChI is InChI=1S/C15H19Br2NO3/c1-15(2,3)8-10(7-13(19)20)18-14(21)11-5-4-9(16)6-12(11)17/h4-6,10H,7-8H2,1-3H3,(H,18,21)(H,19,20). The van der Waals surface area contributed by atoms with Gasteiger partial charge >= 0.3 is 5.97 Å². The Balaban J connectivity index is 2.86. The molecule has 21 heavy (non-hydrogen) atoms. The molecule has 0 bridgehead atoms. The SMILES string of the molecule is CC(C)(C)CC(CC(=O)O)NC(=O)c1ccc(Br)cc1Br. The third kappa shape index (κ3) is 6.61. The van der Waals surface area contributed by atoms with Gasteiger partial charge < -0.3 is 10.4 Å². The number of halogens is 2. The lowest BCUT2D eigenvalue weighted by Crippen LogP contribution is -2.39. The summed E-state index contributed by atoms with van der Waals surface area (Å²) >= 11 is 6.67. The Kier molecular flexibility index (Phi) is 6.41. The molecule has 0 spiro atoms. The predicted octanol–water partition coefficient (Wildman–Crippen LogP) is 4.22. The van der Waals surface area contributed by atoms with Gasteiger partial charge in [0.15, 0.2) is 0 Å². The van der Waals surface area contributed by atoms with E-state index in [0.29, 0.717) is 16.5 Å². The van der Waals surface area contributed by atoms with E-state index in [0.717, 1.165) is 4.47 Å². The van der Waals surface area contributed by atoms with Gasteiger partial charge in [-0.15, -0.1) is 0 Å². The molecule has 1 unspecified atom stereocenters. The van der Waals surface area contributed by atoms with E-state index in [1.54, 1.807) is 18.2 Å². The first-order chi connectivity index (χ1) is 9.58. The van der Waals surface area contributed by atoms with E-state index < -0.39 is 12.0 Å². The summed E-state index contributed by atoms with van der Waals surface area (Å²) in [6.07, 6.45) is 0.510. The van der Waals surface area contributed by atoms with Gasteiger partial charge in [-0.1, -0.05) is 36.7 Å². The molecular weight excluding hydrogens is 402 g/mol. The first kappa shape index (κ1) is 18.2. The highest BCUT2D eigenvalue weighted by Gasteiger charge is 2.23. The molecule has 116 valence electrons. The maximum Gasteiger partial charge on any atom is 0.305 e. The Morgan fingerprint density at radius 1 is 1.29 bits per heavy atom. The molecule has 1 aromatic carbocycles. The van der Waals surface area contributed by atoms with Gasteiger partial charge in [0.2, 0.25) is 0 Å². The van der Waals surface area contributed by atoms with Crippen molar-refractivity contribution < 1.29 is 14.7 Å². The molecule has 1 rings (SSSR count). The van der Waals surface area contributed by atoms with Crippen LogP contribution in [0.2, 0.25) is 0 Å². The van der Waals surface area contributed by atoms with Gasteiger partial charge in [-0.3, -0.25) is 9.59 Å². The highest BCUT2D eigenvalue weighted by molar-refractivity contribution is 9.11. The van der Waals surface area contributed by atoms with E-state index in [2.05, 4.69) is 37.2 Å². The highest BCUT2D eigenvalue weighted by atomic mass is 79.9. The highest BCUT2D eigenvalue weighted by Crippen LogP contribution is 2.24. The van der Waals surface area contributed by atoms with Crippen LogP contribution in [0.15, 0.2) is 27.1 Å². The molecule has 2 N–H and O–H groups in total. The lowest BCUT2D eigenvalue weighted by Gasteiger charge is -2.26. The van der Waals surface area contributed by atoms with Gasteiger partial charge in [-0.05, 0) is 46.0 Å². The molecule has 0 saturated heterocycles. The molecular formula is C15H19Br2NO3. The average Bonchev–Trinajstić information content (AvgIpc) is 2.24. The van der Waals surface area contributed by atoms with E-state index in [-0.39, 0.29) is 17.7 Å². The molecule has 1 amide bonds. The zero-order valence-electron chi connectivity index (χ0n) is 12.2. The second-order valence-corrected chi connectivity index (χ2v) is 7.93. The van der Waals surface area contributed by atoms with Crippen LogP contribution < -0.4 is 5.32 Å². The molecule has 0 aromatic heterocycles. The minimum atomic E-state index is -0.917. The van der Waals surface area contributed by atoms with Crippen LogP contribution in [0, 0.1) is 5.41 Å². The van der Waals surface area contributed by atoms with Crippen LogP contribution in [-0.4, -0.2) is 23.0 Å². The molecule has 0 saturated carbocycles. The van der Waals surface area contributed by atoms with E-state index in [9.17, 15) is 9.59 Å². The minimum Gasteiger partial charge on any atom is -0.481 e. The zero-order valence-corrected chi connectivity index (χ0v) is 15.4. The van der Waals surface area contributed by atoms with Crippen molar-refractivity contribution in [3.8, 4) is 0 Å². The largest absolute Gasteiger partial charge is 0.481 e. The molecule has 0 aliphatic rings. The summed E-state index contributed by atoms with van der Waals surface area (Å²) in [6, 6.07) is 4.85. The van der Waals surface area contributed by atoms with Gasteiger partial charge in [0, 0.05) is 15.0 Å². The van der Waals surface area contributed by atoms with Crippen LogP contribution in [0.3, 0.4) is 0 Å². The molecule has 0 radical (unpaired) electrons. The summed E-state index contributed by atoms with van der Waals surface area (Å²) in [5, 5.41) is 11.8. The molecule has 6 heteroatoms. The van der Waals surface area contributed by atoms with Gasteiger partial charge in [0.25, 0.3) is 5.91 Å². The van der Waals surface area contributed by atoms with Crippen LogP contribution in [0.1, 0.15) is 44.0 Å². The maximum atomic E-state index is 12.3. The molecule has 1 aromatic rings. The van der Waals surface area contributed by atoms with Gasteiger partial charge in [0.05, 0.1) is 12.0 Å². The fourth-order valence-corrected chi connectivity index (χ4v) is 3.29. The van der Waals surface area contributed by atoms with Crippen molar-refractivity contribution in [2.75, 3.05) is 0 Å². The number of carboxylic acids is 1. The molecule has 4 nitrogen and oxygen atoms in total. The Morgan fingerprint density at radius 2 is 1.90 bits per heavy atom.